The second-order valence-electron chi connectivity index (χ2n) is 7.86. The summed E-state index contributed by atoms with van der Waals surface area (Å²) in [4.78, 5) is 0. The highest BCUT2D eigenvalue weighted by Crippen LogP contribution is 2.46. The fourth-order valence-corrected chi connectivity index (χ4v) is 3.97. The Kier molecular flexibility index (Phi) is 5.78. The summed E-state index contributed by atoms with van der Waals surface area (Å²) >= 11 is 0. The van der Waals surface area contributed by atoms with Crippen LogP contribution >= 0.6 is 0 Å². The Balaban J connectivity index is 1.86. The van der Waals surface area contributed by atoms with Gasteiger partial charge in [-0.1, -0.05) is 38.1 Å². The van der Waals surface area contributed by atoms with Gasteiger partial charge in [-0.15, -0.1) is 5.10 Å². The number of allylic oxidation sites excluding steroid dienone is 1. The van der Waals surface area contributed by atoms with Gasteiger partial charge >= 0.3 is 0 Å². The molecule has 0 saturated heterocycles. The predicted octanol–water partition coefficient (Wildman–Crippen LogP) is 4.83. The van der Waals surface area contributed by atoms with Gasteiger partial charge in [0.2, 0.25) is 11.8 Å². The number of methoxy groups -OCH3 is 1. The molecule has 164 valence electrons. The van der Waals surface area contributed by atoms with E-state index in [0.29, 0.717) is 35.5 Å². The number of hydrogen-bond acceptors (Lipinski definition) is 6. The molecule has 0 radical (unpaired) electrons. The Morgan fingerprint density at radius 2 is 1.94 bits per heavy atom. The van der Waals surface area contributed by atoms with Crippen LogP contribution in [0.3, 0.4) is 0 Å². The van der Waals surface area contributed by atoms with Gasteiger partial charge in [-0.3, -0.25) is 5.10 Å². The van der Waals surface area contributed by atoms with Crippen molar-refractivity contribution in [3.8, 4) is 34.7 Å². The van der Waals surface area contributed by atoms with Gasteiger partial charge in [0.15, 0.2) is 11.5 Å². The first-order chi connectivity index (χ1) is 15.5. The summed E-state index contributed by atoms with van der Waals surface area (Å²) in [6.45, 7) is 6.75. The van der Waals surface area contributed by atoms with Crippen molar-refractivity contribution in [3.63, 3.8) is 0 Å². The molecule has 0 fully saturated rings. The van der Waals surface area contributed by atoms with Crippen molar-refractivity contribution in [1.82, 2.24) is 10.2 Å². The van der Waals surface area contributed by atoms with Crippen LogP contribution in [0, 0.1) is 11.3 Å². The molecule has 0 spiro atoms. The van der Waals surface area contributed by atoms with Crippen molar-refractivity contribution in [2.45, 2.75) is 32.6 Å². The molecule has 3 aromatic rings. The Hall–Kier alpha value is -3.92. The van der Waals surface area contributed by atoms with E-state index in [-0.39, 0.29) is 5.88 Å². The van der Waals surface area contributed by atoms with Crippen molar-refractivity contribution < 1.29 is 14.2 Å². The minimum atomic E-state index is -0.406. The van der Waals surface area contributed by atoms with Crippen LogP contribution < -0.4 is 19.9 Å². The predicted molar refractivity (Wildman–Crippen MR) is 122 cm³/mol. The van der Waals surface area contributed by atoms with Crippen LogP contribution in [0.4, 0.5) is 0 Å². The quantitative estimate of drug-likeness (QED) is 0.580. The molecule has 1 aliphatic heterocycles. The number of nitrogens with zero attached hydrogens (tertiary/aromatic N) is 2. The Bertz CT molecular complexity index is 1200. The summed E-state index contributed by atoms with van der Waals surface area (Å²) in [5.74, 6) is 1.70. The van der Waals surface area contributed by atoms with Crippen LogP contribution in [0.25, 0.3) is 11.3 Å². The summed E-state index contributed by atoms with van der Waals surface area (Å²) < 4.78 is 16.9. The van der Waals surface area contributed by atoms with Crippen LogP contribution in [-0.4, -0.2) is 23.9 Å². The first kappa shape index (κ1) is 21.3. The minimum Gasteiger partial charge on any atom is -0.493 e. The van der Waals surface area contributed by atoms with E-state index in [9.17, 15) is 5.26 Å². The average Bonchev–Trinajstić information content (AvgIpc) is 3.22. The lowest BCUT2D eigenvalue weighted by Crippen LogP contribution is -2.21. The highest BCUT2D eigenvalue weighted by molar-refractivity contribution is 5.73. The topological polar surface area (TPSA) is 106 Å². The van der Waals surface area contributed by atoms with Crippen LogP contribution in [0.5, 0.6) is 17.4 Å². The van der Waals surface area contributed by atoms with E-state index in [2.05, 4.69) is 42.2 Å². The summed E-state index contributed by atoms with van der Waals surface area (Å²) in [6, 6.07) is 16.1. The van der Waals surface area contributed by atoms with Gasteiger partial charge in [0.25, 0.3) is 0 Å². The second kappa shape index (κ2) is 8.67. The number of rotatable bonds is 6. The Morgan fingerprint density at radius 3 is 2.56 bits per heavy atom. The van der Waals surface area contributed by atoms with Gasteiger partial charge < -0.3 is 19.9 Å². The lowest BCUT2D eigenvalue weighted by molar-refractivity contribution is 0.311. The second-order valence-corrected chi connectivity index (χ2v) is 7.86. The Labute approximate surface area is 187 Å². The highest BCUT2D eigenvalue weighted by atomic mass is 16.5. The lowest BCUT2D eigenvalue weighted by Gasteiger charge is -2.24. The van der Waals surface area contributed by atoms with E-state index in [1.54, 1.807) is 7.11 Å². The van der Waals surface area contributed by atoms with E-state index in [1.807, 2.05) is 37.3 Å². The number of nitriles is 1. The molecule has 1 atom stereocenters. The van der Waals surface area contributed by atoms with Gasteiger partial charge in [0.1, 0.15) is 11.6 Å². The van der Waals surface area contributed by atoms with Crippen molar-refractivity contribution in [2.75, 3.05) is 13.7 Å². The van der Waals surface area contributed by atoms with Crippen molar-refractivity contribution in [2.24, 2.45) is 5.73 Å². The fraction of sp³-hybridized carbons (Fsp3) is 0.280. The molecule has 0 bridgehead atoms. The smallest absolute Gasteiger partial charge is 0.244 e. The molecule has 1 aromatic heterocycles. The maximum atomic E-state index is 9.90. The lowest BCUT2D eigenvalue weighted by atomic mass is 9.82. The van der Waals surface area contributed by atoms with E-state index in [1.165, 1.54) is 5.56 Å². The number of H-pyrrole nitrogens is 1. The van der Waals surface area contributed by atoms with Gasteiger partial charge in [0.05, 0.1) is 30.9 Å². The standard InChI is InChI=1S/C25H26N4O3/c1-5-31-19-11-10-17(12-20(19)30-4)23-22-21(16-8-6-15(7-9-16)14(2)3)18(13-26)24(27)32-25(22)29-28-23/h6-12,14,21H,5,27H2,1-4H3,(H,28,29)/t21-/m0/s1. The summed E-state index contributed by atoms with van der Waals surface area (Å²) in [6.07, 6.45) is 0. The monoisotopic (exact) mass is 430 g/mol. The molecule has 3 N–H and O–H groups in total. The zero-order valence-corrected chi connectivity index (χ0v) is 18.6. The molecule has 7 nitrogen and oxygen atoms in total. The molecule has 0 amide bonds. The van der Waals surface area contributed by atoms with E-state index >= 15 is 0 Å². The maximum Gasteiger partial charge on any atom is 0.244 e. The van der Waals surface area contributed by atoms with Crippen LogP contribution in [-0.2, 0) is 0 Å². The normalized spacial score (nSPS) is 15.2. The van der Waals surface area contributed by atoms with Crippen molar-refractivity contribution in [3.05, 3.63) is 70.6 Å². The van der Waals surface area contributed by atoms with Crippen LogP contribution in [0.2, 0.25) is 0 Å². The first-order valence-corrected chi connectivity index (χ1v) is 10.5. The Morgan fingerprint density at radius 1 is 1.19 bits per heavy atom. The molecular weight excluding hydrogens is 404 g/mol. The number of ether oxygens (including phenoxy) is 3. The van der Waals surface area contributed by atoms with E-state index < -0.39 is 5.92 Å². The number of nitrogens with two attached hydrogens (primary N) is 1. The summed E-state index contributed by atoms with van der Waals surface area (Å²) in [5, 5.41) is 17.3. The van der Waals surface area contributed by atoms with Gasteiger partial charge in [-0.05, 0) is 42.2 Å². The van der Waals surface area contributed by atoms with Crippen LogP contribution in [0.1, 0.15) is 49.3 Å². The molecule has 0 unspecified atom stereocenters. The van der Waals surface area contributed by atoms with Crippen LogP contribution in [0.15, 0.2) is 53.9 Å². The van der Waals surface area contributed by atoms with Crippen molar-refractivity contribution in [1.29, 1.82) is 5.26 Å². The molecule has 0 saturated carbocycles. The maximum absolute atomic E-state index is 9.90. The average molecular weight is 431 g/mol. The highest BCUT2D eigenvalue weighted by Gasteiger charge is 2.35. The van der Waals surface area contributed by atoms with Crippen molar-refractivity contribution >= 4 is 0 Å². The molecule has 32 heavy (non-hydrogen) atoms. The molecule has 0 aliphatic carbocycles. The zero-order valence-electron chi connectivity index (χ0n) is 18.6. The number of hydrogen-bond donors (Lipinski definition) is 2. The largest absolute Gasteiger partial charge is 0.493 e. The third-order valence-electron chi connectivity index (χ3n) is 5.63. The number of fused-ring (bicyclic) bond motifs is 1. The molecule has 4 rings (SSSR count). The molecule has 2 heterocycles. The fourth-order valence-electron chi connectivity index (χ4n) is 3.97. The molecule has 7 heteroatoms. The number of aromatic amines is 1. The van der Waals surface area contributed by atoms with Gasteiger partial charge in [0, 0.05) is 5.56 Å². The van der Waals surface area contributed by atoms with Gasteiger partial charge in [-0.25, -0.2) is 0 Å². The first-order valence-electron chi connectivity index (χ1n) is 10.5. The SMILES string of the molecule is CCOc1ccc(-c2[nH]nc3c2[C@@H](c2ccc(C(C)C)cc2)C(C#N)=C(N)O3)cc1OC. The third kappa shape index (κ3) is 3.65. The zero-order chi connectivity index (χ0) is 22.8. The third-order valence-corrected chi connectivity index (χ3v) is 5.63. The van der Waals surface area contributed by atoms with E-state index in [0.717, 1.165) is 22.4 Å². The molecule has 2 aromatic carbocycles. The summed E-state index contributed by atoms with van der Waals surface area (Å²) in [7, 11) is 1.60. The summed E-state index contributed by atoms with van der Waals surface area (Å²) in [5.41, 5.74) is 11.0. The molecule has 1 aliphatic rings. The number of benzene rings is 2. The van der Waals surface area contributed by atoms with Gasteiger partial charge in [-0.2, -0.15) is 5.26 Å². The molecular formula is C25H26N4O3. The van der Waals surface area contributed by atoms with E-state index in [4.69, 9.17) is 19.9 Å². The number of nitrogens with one attached hydrogen (secondary N) is 1. The number of aromatic nitrogens is 2. The minimum absolute atomic E-state index is 0.0697.